The lowest BCUT2D eigenvalue weighted by Crippen LogP contribution is -2.40. The van der Waals surface area contributed by atoms with Crippen molar-refractivity contribution in [3.63, 3.8) is 0 Å². The minimum Gasteiger partial charge on any atom is -0.376 e. The van der Waals surface area contributed by atoms with Crippen molar-refractivity contribution in [2.45, 2.75) is 23.8 Å². The van der Waals surface area contributed by atoms with Crippen LogP contribution in [0.3, 0.4) is 0 Å². The second-order valence-electron chi connectivity index (χ2n) is 6.56. The quantitative estimate of drug-likeness (QED) is 0.557. The van der Waals surface area contributed by atoms with E-state index in [-0.39, 0.29) is 22.6 Å². The monoisotopic (exact) mass is 390 g/mol. The third-order valence-corrected chi connectivity index (χ3v) is 6.87. The third-order valence-electron chi connectivity index (χ3n) is 4.97. The van der Waals surface area contributed by atoms with E-state index >= 15 is 0 Å². The van der Waals surface area contributed by atoms with Crippen molar-refractivity contribution < 1.29 is 18.1 Å². The average molecular weight is 390 g/mol. The Hall–Kier alpha value is -2.29. The Morgan fingerprint density at radius 2 is 1.78 bits per heavy atom. The number of nitro benzene ring substituents is 1. The van der Waals surface area contributed by atoms with Gasteiger partial charge in [-0.05, 0) is 30.4 Å². The number of ether oxygens (including phenoxy) is 1. The van der Waals surface area contributed by atoms with E-state index in [1.54, 1.807) is 7.11 Å². The van der Waals surface area contributed by atoms with Crippen molar-refractivity contribution in [3.8, 4) is 0 Å². The lowest BCUT2D eigenvalue weighted by atomic mass is 9.88. The smallest absolute Gasteiger partial charge is 0.270 e. The normalized spacial score (nSPS) is 17.5. The van der Waals surface area contributed by atoms with Gasteiger partial charge in [0.1, 0.15) is 0 Å². The van der Waals surface area contributed by atoms with Crippen LogP contribution in [0.15, 0.2) is 59.5 Å². The molecule has 0 saturated carbocycles. The van der Waals surface area contributed by atoms with Gasteiger partial charge in [-0.15, -0.1) is 0 Å². The molecule has 1 heterocycles. The van der Waals surface area contributed by atoms with E-state index in [1.165, 1.54) is 22.5 Å². The van der Waals surface area contributed by atoms with Gasteiger partial charge < -0.3 is 4.74 Å². The standard InChI is InChI=1S/C19H22N2O5S/c1-26-19(15-6-3-2-4-7-15)16-10-12-20(13-11-16)27(24,25)18-9-5-8-17(14-18)21(22)23/h2-9,14,16,19H,10-13H2,1H3. The summed E-state index contributed by atoms with van der Waals surface area (Å²) in [6.45, 7) is 0.727. The van der Waals surface area contributed by atoms with Crippen molar-refractivity contribution in [1.82, 2.24) is 4.31 Å². The van der Waals surface area contributed by atoms with E-state index in [1.807, 2.05) is 30.3 Å². The molecule has 0 spiro atoms. The Morgan fingerprint density at radius 3 is 2.37 bits per heavy atom. The minimum atomic E-state index is -3.75. The van der Waals surface area contributed by atoms with Crippen LogP contribution in [-0.4, -0.2) is 37.8 Å². The molecule has 1 fully saturated rings. The van der Waals surface area contributed by atoms with E-state index in [9.17, 15) is 18.5 Å². The summed E-state index contributed by atoms with van der Waals surface area (Å²) in [4.78, 5) is 10.3. The SMILES string of the molecule is COC(c1ccccc1)C1CCN(S(=O)(=O)c2cccc([N+](=O)[O-])c2)CC1. The maximum atomic E-state index is 12.9. The van der Waals surface area contributed by atoms with Gasteiger partial charge in [0.2, 0.25) is 10.0 Å². The molecule has 1 unspecified atom stereocenters. The molecule has 1 saturated heterocycles. The summed E-state index contributed by atoms with van der Waals surface area (Å²) >= 11 is 0. The van der Waals surface area contributed by atoms with E-state index in [2.05, 4.69) is 0 Å². The summed E-state index contributed by atoms with van der Waals surface area (Å²) in [5, 5.41) is 10.9. The molecule has 27 heavy (non-hydrogen) atoms. The molecule has 8 heteroatoms. The summed E-state index contributed by atoms with van der Waals surface area (Å²) in [7, 11) is -2.08. The van der Waals surface area contributed by atoms with E-state index in [0.717, 1.165) is 11.6 Å². The Labute approximate surface area is 158 Å². The zero-order valence-corrected chi connectivity index (χ0v) is 15.8. The highest BCUT2D eigenvalue weighted by Gasteiger charge is 2.33. The molecule has 1 aliphatic heterocycles. The van der Waals surface area contributed by atoms with Crippen LogP contribution in [0.4, 0.5) is 5.69 Å². The number of sulfonamides is 1. The molecule has 0 bridgehead atoms. The Bertz CT molecular complexity index is 893. The van der Waals surface area contributed by atoms with Crippen molar-refractivity contribution in [1.29, 1.82) is 0 Å². The lowest BCUT2D eigenvalue weighted by molar-refractivity contribution is -0.385. The van der Waals surface area contributed by atoms with Gasteiger partial charge >= 0.3 is 0 Å². The van der Waals surface area contributed by atoms with Crippen molar-refractivity contribution in [3.05, 3.63) is 70.3 Å². The molecule has 1 atom stereocenters. The maximum absolute atomic E-state index is 12.9. The highest BCUT2D eigenvalue weighted by Crippen LogP contribution is 2.35. The summed E-state index contributed by atoms with van der Waals surface area (Å²) in [5.74, 6) is 0.217. The second kappa shape index (κ2) is 8.16. The first-order valence-corrected chi connectivity index (χ1v) is 10.2. The summed E-state index contributed by atoms with van der Waals surface area (Å²) in [6, 6.07) is 15.1. The molecule has 7 nitrogen and oxygen atoms in total. The molecule has 1 aliphatic rings. The van der Waals surface area contributed by atoms with Crippen LogP contribution in [0.1, 0.15) is 24.5 Å². The first kappa shape index (κ1) is 19.5. The van der Waals surface area contributed by atoms with Crippen molar-refractivity contribution in [2.24, 2.45) is 5.92 Å². The molecule has 0 N–H and O–H groups in total. The van der Waals surface area contributed by atoms with Gasteiger partial charge in [-0.25, -0.2) is 8.42 Å². The third kappa shape index (κ3) is 4.18. The number of methoxy groups -OCH3 is 1. The average Bonchev–Trinajstić information content (AvgIpc) is 2.70. The number of hydrogen-bond donors (Lipinski definition) is 0. The number of benzene rings is 2. The fraction of sp³-hybridized carbons (Fsp3) is 0.368. The number of rotatable bonds is 6. The van der Waals surface area contributed by atoms with Crippen LogP contribution in [0.5, 0.6) is 0 Å². The van der Waals surface area contributed by atoms with Crippen molar-refractivity contribution >= 4 is 15.7 Å². The van der Waals surface area contributed by atoms with Gasteiger partial charge in [0.15, 0.2) is 0 Å². The highest BCUT2D eigenvalue weighted by molar-refractivity contribution is 7.89. The molecule has 2 aromatic rings. The first-order chi connectivity index (χ1) is 12.9. The van der Waals surface area contributed by atoms with Gasteiger partial charge in [-0.1, -0.05) is 36.4 Å². The van der Waals surface area contributed by atoms with Gasteiger partial charge in [-0.3, -0.25) is 10.1 Å². The number of nitro groups is 1. The van der Waals surface area contributed by atoms with Crippen LogP contribution >= 0.6 is 0 Å². The number of non-ortho nitro benzene ring substituents is 1. The Morgan fingerprint density at radius 1 is 1.11 bits per heavy atom. The molecule has 0 radical (unpaired) electrons. The fourth-order valence-corrected chi connectivity index (χ4v) is 5.08. The highest BCUT2D eigenvalue weighted by atomic mass is 32.2. The maximum Gasteiger partial charge on any atom is 0.270 e. The van der Waals surface area contributed by atoms with E-state index in [4.69, 9.17) is 4.74 Å². The topological polar surface area (TPSA) is 89.8 Å². The molecule has 3 rings (SSSR count). The zero-order chi connectivity index (χ0) is 19.4. The summed E-state index contributed by atoms with van der Waals surface area (Å²) in [6.07, 6.45) is 1.26. The number of hydrogen-bond acceptors (Lipinski definition) is 5. The predicted octanol–water partition coefficient (Wildman–Crippen LogP) is 3.38. The van der Waals surface area contributed by atoms with Crippen LogP contribution in [0.25, 0.3) is 0 Å². The van der Waals surface area contributed by atoms with E-state index < -0.39 is 14.9 Å². The molecule has 144 valence electrons. The molecule has 0 amide bonds. The predicted molar refractivity (Wildman–Crippen MR) is 101 cm³/mol. The largest absolute Gasteiger partial charge is 0.376 e. The van der Waals surface area contributed by atoms with Gasteiger partial charge in [-0.2, -0.15) is 4.31 Å². The minimum absolute atomic E-state index is 0.0403. The molecular weight excluding hydrogens is 368 g/mol. The van der Waals surface area contributed by atoms with Crippen LogP contribution in [0, 0.1) is 16.0 Å². The zero-order valence-electron chi connectivity index (χ0n) is 15.0. The molecule has 2 aromatic carbocycles. The van der Waals surface area contributed by atoms with Crippen LogP contribution in [-0.2, 0) is 14.8 Å². The Balaban J connectivity index is 1.73. The van der Waals surface area contributed by atoms with E-state index in [0.29, 0.717) is 25.9 Å². The fourth-order valence-electron chi connectivity index (χ4n) is 3.57. The van der Waals surface area contributed by atoms with Gasteiger partial charge in [0.05, 0.1) is 15.9 Å². The molecular formula is C19H22N2O5S. The summed E-state index contributed by atoms with van der Waals surface area (Å²) < 4.78 is 32.8. The van der Waals surface area contributed by atoms with Crippen LogP contribution < -0.4 is 0 Å². The Kier molecular flexibility index (Phi) is 5.88. The number of nitrogens with zero attached hydrogens (tertiary/aromatic N) is 2. The molecule has 0 aliphatic carbocycles. The first-order valence-electron chi connectivity index (χ1n) is 8.76. The lowest BCUT2D eigenvalue weighted by Gasteiger charge is -2.35. The van der Waals surface area contributed by atoms with Gasteiger partial charge in [0, 0.05) is 32.3 Å². The van der Waals surface area contributed by atoms with Crippen LogP contribution in [0.2, 0.25) is 0 Å². The summed E-state index contributed by atoms with van der Waals surface area (Å²) in [5.41, 5.74) is 0.856. The second-order valence-corrected chi connectivity index (χ2v) is 8.50. The van der Waals surface area contributed by atoms with Gasteiger partial charge in [0.25, 0.3) is 5.69 Å². The molecule has 0 aromatic heterocycles. The number of piperidine rings is 1. The van der Waals surface area contributed by atoms with Crippen molar-refractivity contribution in [2.75, 3.05) is 20.2 Å².